The number of halogens is 1. The van der Waals surface area contributed by atoms with Gasteiger partial charge in [-0.3, -0.25) is 9.59 Å². The predicted octanol–water partition coefficient (Wildman–Crippen LogP) is 1.68. The van der Waals surface area contributed by atoms with Gasteiger partial charge in [0.2, 0.25) is 5.91 Å². The molecule has 1 heterocycles. The first-order valence-corrected chi connectivity index (χ1v) is 8.93. The molecule has 2 amide bonds. The number of hydrogen-bond donors (Lipinski definition) is 1. The van der Waals surface area contributed by atoms with Gasteiger partial charge in [0.25, 0.3) is 5.91 Å². The van der Waals surface area contributed by atoms with Crippen LogP contribution in [0.2, 0.25) is 0 Å². The van der Waals surface area contributed by atoms with Crippen LogP contribution in [0.25, 0.3) is 0 Å². The van der Waals surface area contributed by atoms with Crippen LogP contribution in [-0.4, -0.2) is 54.3 Å². The first-order chi connectivity index (χ1) is 12.0. The molecule has 0 spiro atoms. The summed E-state index contributed by atoms with van der Waals surface area (Å²) >= 11 is 3.40. The van der Waals surface area contributed by atoms with E-state index in [1.54, 1.807) is 9.80 Å². The second-order valence-corrected chi connectivity index (χ2v) is 6.71. The van der Waals surface area contributed by atoms with E-state index in [0.29, 0.717) is 32.7 Å². The van der Waals surface area contributed by atoms with Crippen LogP contribution in [0.3, 0.4) is 0 Å². The van der Waals surface area contributed by atoms with E-state index in [9.17, 15) is 14.9 Å². The van der Waals surface area contributed by atoms with Gasteiger partial charge in [-0.25, -0.2) is 0 Å². The highest BCUT2D eigenvalue weighted by Crippen LogP contribution is 2.11. The molecule has 0 unspecified atom stereocenters. The molecule has 25 heavy (non-hydrogen) atoms. The van der Waals surface area contributed by atoms with Crippen molar-refractivity contribution < 1.29 is 9.59 Å². The Labute approximate surface area is 156 Å². The zero-order valence-corrected chi connectivity index (χ0v) is 15.8. The smallest absolute Gasteiger partial charge is 0.266 e. The highest BCUT2D eigenvalue weighted by molar-refractivity contribution is 9.10. The van der Waals surface area contributed by atoms with Crippen molar-refractivity contribution in [1.82, 2.24) is 15.1 Å². The molecule has 1 aliphatic rings. The quantitative estimate of drug-likeness (QED) is 0.460. The maximum Gasteiger partial charge on any atom is 0.266 e. The first-order valence-electron chi connectivity index (χ1n) is 8.14. The molecule has 1 fully saturated rings. The topological polar surface area (TPSA) is 76.4 Å². The molecule has 0 radical (unpaired) electrons. The Kier molecular flexibility index (Phi) is 7.02. The number of hydrogen-bond acceptors (Lipinski definition) is 4. The summed E-state index contributed by atoms with van der Waals surface area (Å²) in [6.07, 6.45) is 2.28. The molecule has 1 aromatic rings. The number of nitrogens with one attached hydrogen (secondary N) is 1. The Morgan fingerprint density at radius 3 is 2.36 bits per heavy atom. The highest BCUT2D eigenvalue weighted by atomic mass is 79.9. The molecule has 1 saturated heterocycles. The van der Waals surface area contributed by atoms with Crippen LogP contribution in [0.4, 0.5) is 0 Å². The van der Waals surface area contributed by atoms with Gasteiger partial charge in [0.1, 0.15) is 11.6 Å². The number of carbonyl (C=O) groups is 2. The van der Waals surface area contributed by atoms with Gasteiger partial charge in [0, 0.05) is 50.3 Å². The van der Waals surface area contributed by atoms with E-state index in [4.69, 9.17) is 0 Å². The van der Waals surface area contributed by atoms with E-state index < -0.39 is 0 Å². The van der Waals surface area contributed by atoms with Crippen LogP contribution < -0.4 is 5.32 Å². The largest absolute Gasteiger partial charge is 0.389 e. The minimum atomic E-state index is -0.290. The lowest BCUT2D eigenvalue weighted by Gasteiger charge is -2.34. The Hall–Kier alpha value is -2.33. The molecule has 0 saturated carbocycles. The van der Waals surface area contributed by atoms with Crippen LogP contribution in [0.15, 0.2) is 40.5 Å². The fraction of sp³-hybridized carbons (Fsp3) is 0.389. The Bertz CT molecular complexity index is 686. The summed E-state index contributed by atoms with van der Waals surface area (Å²) in [5.41, 5.74) is 1.27. The average molecular weight is 405 g/mol. The average Bonchev–Trinajstić information content (AvgIpc) is 2.63. The number of rotatable bonds is 5. The molecule has 1 aliphatic heterocycles. The van der Waals surface area contributed by atoms with E-state index in [2.05, 4.69) is 21.2 Å². The summed E-state index contributed by atoms with van der Waals surface area (Å²) in [7, 11) is 0. The van der Waals surface area contributed by atoms with Gasteiger partial charge in [-0.2, -0.15) is 5.26 Å². The third kappa shape index (κ3) is 5.61. The van der Waals surface area contributed by atoms with Gasteiger partial charge in [-0.1, -0.05) is 28.1 Å². The summed E-state index contributed by atoms with van der Waals surface area (Å²) in [5.74, 6) is -0.278. The minimum absolute atomic E-state index is 0.0118. The van der Waals surface area contributed by atoms with E-state index in [1.807, 2.05) is 30.3 Å². The maximum atomic E-state index is 12.4. The fourth-order valence-electron chi connectivity index (χ4n) is 2.58. The lowest BCUT2D eigenvalue weighted by Crippen LogP contribution is -2.50. The molecule has 2 rings (SSSR count). The molecule has 1 aromatic carbocycles. The summed E-state index contributed by atoms with van der Waals surface area (Å²) < 4.78 is 1.03. The predicted molar refractivity (Wildman–Crippen MR) is 98.4 cm³/mol. The van der Waals surface area contributed by atoms with E-state index in [-0.39, 0.29) is 17.4 Å². The van der Waals surface area contributed by atoms with E-state index in [1.165, 1.54) is 18.7 Å². The molecular weight excluding hydrogens is 384 g/mol. The van der Waals surface area contributed by atoms with Crippen molar-refractivity contribution in [3.05, 3.63) is 46.1 Å². The Morgan fingerprint density at radius 2 is 1.80 bits per heavy atom. The molecule has 0 atom stereocenters. The van der Waals surface area contributed by atoms with Gasteiger partial charge in [-0.05, 0) is 24.1 Å². The SMILES string of the molecule is CC(=O)N1CCN(C(=O)/C(C#N)=C\NCCc2ccc(Br)cc2)CC1. The highest BCUT2D eigenvalue weighted by Gasteiger charge is 2.24. The van der Waals surface area contributed by atoms with Gasteiger partial charge < -0.3 is 15.1 Å². The van der Waals surface area contributed by atoms with Gasteiger partial charge in [-0.15, -0.1) is 0 Å². The van der Waals surface area contributed by atoms with Crippen LogP contribution >= 0.6 is 15.9 Å². The number of amides is 2. The maximum absolute atomic E-state index is 12.4. The number of nitriles is 1. The molecule has 0 aliphatic carbocycles. The third-order valence-corrected chi connectivity index (χ3v) is 4.61. The number of nitrogens with zero attached hydrogens (tertiary/aromatic N) is 3. The lowest BCUT2D eigenvalue weighted by molar-refractivity contribution is -0.136. The normalized spacial score (nSPS) is 14.8. The second kappa shape index (κ2) is 9.23. The van der Waals surface area contributed by atoms with Gasteiger partial charge >= 0.3 is 0 Å². The minimum Gasteiger partial charge on any atom is -0.389 e. The molecule has 132 valence electrons. The van der Waals surface area contributed by atoms with Crippen molar-refractivity contribution in [2.45, 2.75) is 13.3 Å². The van der Waals surface area contributed by atoms with E-state index >= 15 is 0 Å². The second-order valence-electron chi connectivity index (χ2n) is 5.80. The summed E-state index contributed by atoms with van der Waals surface area (Å²) in [5, 5.41) is 12.3. The van der Waals surface area contributed by atoms with Crippen LogP contribution in [0.5, 0.6) is 0 Å². The molecule has 7 heteroatoms. The first kappa shape index (κ1) is 19.0. The van der Waals surface area contributed by atoms with Crippen molar-refractivity contribution in [2.24, 2.45) is 0 Å². The van der Waals surface area contributed by atoms with Crippen LogP contribution in [0.1, 0.15) is 12.5 Å². The van der Waals surface area contributed by atoms with Crippen molar-refractivity contribution in [1.29, 1.82) is 5.26 Å². The zero-order valence-electron chi connectivity index (χ0n) is 14.2. The van der Waals surface area contributed by atoms with Gasteiger partial charge in [0.15, 0.2) is 0 Å². The standard InChI is InChI=1S/C18H21BrN4O2/c1-14(24)22-8-10-23(11-9-22)18(25)16(12-20)13-21-7-6-15-2-4-17(19)5-3-15/h2-5,13,21H,6-11H2,1H3/b16-13-. The lowest BCUT2D eigenvalue weighted by atomic mass is 10.1. The fourth-order valence-corrected chi connectivity index (χ4v) is 2.84. The molecule has 0 bridgehead atoms. The Morgan fingerprint density at radius 1 is 1.20 bits per heavy atom. The monoisotopic (exact) mass is 404 g/mol. The molecule has 0 aromatic heterocycles. The van der Waals surface area contributed by atoms with Gasteiger partial charge in [0.05, 0.1) is 0 Å². The summed E-state index contributed by atoms with van der Waals surface area (Å²) in [4.78, 5) is 27.0. The van der Waals surface area contributed by atoms with Crippen LogP contribution in [-0.2, 0) is 16.0 Å². The molecule has 1 N–H and O–H groups in total. The molecular formula is C18H21BrN4O2. The molecule has 6 nitrogen and oxygen atoms in total. The summed E-state index contributed by atoms with van der Waals surface area (Å²) in [6.45, 7) is 4.09. The summed E-state index contributed by atoms with van der Waals surface area (Å²) in [6, 6.07) is 9.98. The van der Waals surface area contributed by atoms with E-state index in [0.717, 1.165) is 10.9 Å². The van der Waals surface area contributed by atoms with Crippen LogP contribution in [0, 0.1) is 11.3 Å². The zero-order chi connectivity index (χ0) is 18.2. The van der Waals surface area contributed by atoms with Crippen molar-refractivity contribution in [3.63, 3.8) is 0 Å². The van der Waals surface area contributed by atoms with Crippen molar-refractivity contribution in [2.75, 3.05) is 32.7 Å². The van der Waals surface area contributed by atoms with Crippen molar-refractivity contribution >= 4 is 27.7 Å². The number of carbonyl (C=O) groups excluding carboxylic acids is 2. The third-order valence-electron chi connectivity index (χ3n) is 4.08. The number of benzene rings is 1. The van der Waals surface area contributed by atoms with Crippen molar-refractivity contribution in [3.8, 4) is 6.07 Å². The number of piperazine rings is 1. The Balaban J connectivity index is 1.83.